The molecule has 2 aliphatic carbocycles. The number of hydrogen-bond donors (Lipinski definition) is 0. The highest BCUT2D eigenvalue weighted by Gasteiger charge is 2.53. The minimum atomic E-state index is -0.369. The molecule has 8 rings (SSSR count). The largest absolute Gasteiger partial charge is 0.456 e. The van der Waals surface area contributed by atoms with Crippen molar-refractivity contribution in [2.24, 2.45) is 0 Å². The van der Waals surface area contributed by atoms with Gasteiger partial charge in [-0.15, -0.1) is 0 Å². The van der Waals surface area contributed by atoms with Crippen molar-refractivity contribution in [1.82, 2.24) is 0 Å². The first-order valence-corrected chi connectivity index (χ1v) is 11.1. The van der Waals surface area contributed by atoms with Gasteiger partial charge >= 0.3 is 0 Å². The minimum Gasteiger partial charge on any atom is -0.456 e. The van der Waals surface area contributed by atoms with Gasteiger partial charge in [0.05, 0.1) is 5.41 Å². The zero-order valence-electron chi connectivity index (χ0n) is 17.3. The second kappa shape index (κ2) is 5.57. The molecule has 0 aliphatic heterocycles. The molecule has 0 radical (unpaired) electrons. The van der Waals surface area contributed by atoms with E-state index in [2.05, 4.69) is 109 Å². The summed E-state index contributed by atoms with van der Waals surface area (Å²) in [5.41, 5.74) is 12.1. The van der Waals surface area contributed by atoms with Crippen molar-refractivity contribution in [2.45, 2.75) is 5.41 Å². The molecule has 1 spiro atoms. The minimum absolute atomic E-state index is 0.369. The summed E-state index contributed by atoms with van der Waals surface area (Å²) in [5, 5.41) is 2.37. The van der Waals surface area contributed by atoms with E-state index >= 15 is 0 Å². The highest BCUT2D eigenvalue weighted by Crippen LogP contribution is 2.64. The number of fused-ring (bicyclic) bond motifs is 14. The summed E-state index contributed by atoms with van der Waals surface area (Å²) >= 11 is 0. The molecule has 0 fully saturated rings. The zero-order chi connectivity index (χ0) is 20.9. The molecule has 148 valence electrons. The third-order valence-electron chi connectivity index (χ3n) is 7.50. The second-order valence-electron chi connectivity index (χ2n) is 8.85. The standard InChI is InChI=1S/C31H18O/c1-5-13-25-19(9-1)20-10-2-6-14-26(20)31(25)27-15-7-3-11-21(27)23-17-18-24-22-12-4-8-16-28(22)32-30(24)29(23)31/h1-18H. The number of furan rings is 1. The van der Waals surface area contributed by atoms with Crippen molar-refractivity contribution in [3.05, 3.63) is 131 Å². The predicted octanol–water partition coefficient (Wildman–Crippen LogP) is 7.93. The topological polar surface area (TPSA) is 13.1 Å². The lowest BCUT2D eigenvalue weighted by atomic mass is 9.70. The molecule has 1 heteroatoms. The van der Waals surface area contributed by atoms with Gasteiger partial charge in [-0.3, -0.25) is 0 Å². The van der Waals surface area contributed by atoms with Crippen molar-refractivity contribution >= 4 is 21.9 Å². The molecule has 0 saturated carbocycles. The highest BCUT2D eigenvalue weighted by atomic mass is 16.3. The Bertz CT molecular complexity index is 1670. The molecule has 1 nitrogen and oxygen atoms in total. The smallest absolute Gasteiger partial charge is 0.140 e. The Hall–Kier alpha value is -4.10. The number of rotatable bonds is 0. The quantitative estimate of drug-likeness (QED) is 0.249. The molecule has 0 saturated heterocycles. The third-order valence-corrected chi connectivity index (χ3v) is 7.50. The van der Waals surface area contributed by atoms with Crippen LogP contribution in [0.2, 0.25) is 0 Å². The molecular weight excluding hydrogens is 388 g/mol. The molecule has 1 heterocycles. The van der Waals surface area contributed by atoms with Gasteiger partial charge in [0.2, 0.25) is 0 Å². The Morgan fingerprint density at radius 2 is 0.969 bits per heavy atom. The predicted molar refractivity (Wildman–Crippen MR) is 130 cm³/mol. The van der Waals surface area contributed by atoms with Crippen LogP contribution in [0.3, 0.4) is 0 Å². The summed E-state index contributed by atoms with van der Waals surface area (Å²) < 4.78 is 6.64. The molecule has 0 unspecified atom stereocenters. The Balaban J connectivity index is 1.66. The maximum absolute atomic E-state index is 6.64. The molecule has 0 bridgehead atoms. The molecule has 1 aromatic heterocycles. The summed E-state index contributed by atoms with van der Waals surface area (Å²) in [7, 11) is 0. The van der Waals surface area contributed by atoms with E-state index in [1.165, 1.54) is 55.3 Å². The number of para-hydroxylation sites is 1. The third kappa shape index (κ3) is 1.71. The first-order chi connectivity index (χ1) is 15.9. The average Bonchev–Trinajstić information content (AvgIpc) is 3.48. The van der Waals surface area contributed by atoms with Crippen LogP contribution in [0.1, 0.15) is 22.3 Å². The van der Waals surface area contributed by atoms with Crippen molar-refractivity contribution in [3.8, 4) is 22.3 Å². The Labute approximate surface area is 185 Å². The van der Waals surface area contributed by atoms with Gasteiger partial charge in [0, 0.05) is 16.3 Å². The van der Waals surface area contributed by atoms with E-state index in [0.29, 0.717) is 0 Å². The van der Waals surface area contributed by atoms with Crippen LogP contribution in [0.4, 0.5) is 0 Å². The van der Waals surface area contributed by atoms with Crippen LogP contribution in [0.5, 0.6) is 0 Å². The monoisotopic (exact) mass is 406 g/mol. The van der Waals surface area contributed by atoms with Gasteiger partial charge in [-0.25, -0.2) is 0 Å². The highest BCUT2D eigenvalue weighted by molar-refractivity contribution is 6.11. The summed E-state index contributed by atoms with van der Waals surface area (Å²) in [5.74, 6) is 0. The van der Waals surface area contributed by atoms with E-state index < -0.39 is 0 Å². The molecule has 6 aromatic rings. The maximum atomic E-state index is 6.64. The first-order valence-electron chi connectivity index (χ1n) is 11.1. The summed E-state index contributed by atoms with van der Waals surface area (Å²) in [6.07, 6.45) is 0. The first kappa shape index (κ1) is 16.6. The average molecular weight is 406 g/mol. The van der Waals surface area contributed by atoms with Gasteiger partial charge < -0.3 is 4.42 Å². The van der Waals surface area contributed by atoms with Gasteiger partial charge in [0.1, 0.15) is 11.2 Å². The van der Waals surface area contributed by atoms with Crippen LogP contribution < -0.4 is 0 Å². The van der Waals surface area contributed by atoms with Gasteiger partial charge in [0.15, 0.2) is 0 Å². The van der Waals surface area contributed by atoms with Crippen LogP contribution in [0, 0.1) is 0 Å². The SMILES string of the molecule is c1ccc2c(c1)-c1ccccc1C21c2ccccc2-c2ccc3c(oc4ccccc43)c21. The Kier molecular flexibility index (Phi) is 2.89. The fourth-order valence-electron chi connectivity index (χ4n) is 6.36. The van der Waals surface area contributed by atoms with Gasteiger partial charge in [-0.2, -0.15) is 0 Å². The number of benzene rings is 5. The lowest BCUT2D eigenvalue weighted by Gasteiger charge is -2.30. The van der Waals surface area contributed by atoms with Gasteiger partial charge in [0.25, 0.3) is 0 Å². The van der Waals surface area contributed by atoms with Crippen LogP contribution in [-0.2, 0) is 5.41 Å². The molecule has 2 aliphatic rings. The molecule has 32 heavy (non-hydrogen) atoms. The fourth-order valence-corrected chi connectivity index (χ4v) is 6.36. The lowest BCUT2D eigenvalue weighted by Crippen LogP contribution is -2.26. The summed E-state index contributed by atoms with van der Waals surface area (Å²) in [6, 6.07) is 39.6. The van der Waals surface area contributed by atoms with Crippen molar-refractivity contribution in [3.63, 3.8) is 0 Å². The second-order valence-corrected chi connectivity index (χ2v) is 8.85. The van der Waals surface area contributed by atoms with E-state index in [0.717, 1.165) is 11.2 Å². The lowest BCUT2D eigenvalue weighted by molar-refractivity contribution is 0.652. The van der Waals surface area contributed by atoms with Crippen LogP contribution in [0.25, 0.3) is 44.2 Å². The van der Waals surface area contributed by atoms with Crippen LogP contribution in [0.15, 0.2) is 114 Å². The summed E-state index contributed by atoms with van der Waals surface area (Å²) in [4.78, 5) is 0. The van der Waals surface area contributed by atoms with E-state index in [4.69, 9.17) is 4.42 Å². The van der Waals surface area contributed by atoms with Crippen LogP contribution >= 0.6 is 0 Å². The van der Waals surface area contributed by atoms with E-state index in [9.17, 15) is 0 Å². The normalized spacial score (nSPS) is 14.5. The zero-order valence-corrected chi connectivity index (χ0v) is 17.3. The van der Waals surface area contributed by atoms with E-state index in [1.54, 1.807) is 0 Å². The maximum Gasteiger partial charge on any atom is 0.140 e. The molecule has 0 N–H and O–H groups in total. The fraction of sp³-hybridized carbons (Fsp3) is 0.0323. The van der Waals surface area contributed by atoms with Gasteiger partial charge in [-0.1, -0.05) is 97.1 Å². The number of hydrogen-bond acceptors (Lipinski definition) is 1. The summed E-state index contributed by atoms with van der Waals surface area (Å²) in [6.45, 7) is 0. The van der Waals surface area contributed by atoms with Gasteiger partial charge in [-0.05, 0) is 51.1 Å². The van der Waals surface area contributed by atoms with Crippen molar-refractivity contribution in [1.29, 1.82) is 0 Å². The van der Waals surface area contributed by atoms with Crippen LogP contribution in [-0.4, -0.2) is 0 Å². The molecule has 0 amide bonds. The van der Waals surface area contributed by atoms with E-state index in [-0.39, 0.29) is 5.41 Å². The molecular formula is C31H18O. The molecule has 5 aromatic carbocycles. The van der Waals surface area contributed by atoms with E-state index in [1.807, 2.05) is 0 Å². The molecule has 0 atom stereocenters. The van der Waals surface area contributed by atoms with Crippen molar-refractivity contribution < 1.29 is 4.42 Å². The Morgan fingerprint density at radius 3 is 1.62 bits per heavy atom. The Morgan fingerprint density at radius 1 is 0.438 bits per heavy atom. The van der Waals surface area contributed by atoms with Crippen molar-refractivity contribution in [2.75, 3.05) is 0 Å².